The van der Waals surface area contributed by atoms with E-state index in [4.69, 9.17) is 14.2 Å². The Bertz CT molecular complexity index is 1060. The van der Waals surface area contributed by atoms with Gasteiger partial charge in [0.05, 0.1) is 38.8 Å². The zero-order valence-electron chi connectivity index (χ0n) is 19.1. The van der Waals surface area contributed by atoms with Crippen LogP contribution in [0.15, 0.2) is 42.5 Å². The molecule has 174 valence electrons. The highest BCUT2D eigenvalue weighted by atomic mass is 32.2. The first kappa shape index (κ1) is 23.9. The van der Waals surface area contributed by atoms with E-state index in [1.807, 2.05) is 37.3 Å². The van der Waals surface area contributed by atoms with Crippen LogP contribution in [0.4, 0.5) is 10.5 Å². The molecule has 0 radical (unpaired) electrons. The average Bonchev–Trinajstić information content (AvgIpc) is 2.76. The summed E-state index contributed by atoms with van der Waals surface area (Å²) in [7, 11) is -0.551. The Hall–Kier alpha value is -2.78. The zero-order chi connectivity index (χ0) is 23.5. The maximum atomic E-state index is 12.9. The van der Waals surface area contributed by atoms with Crippen molar-refractivity contribution in [1.29, 1.82) is 0 Å². The highest BCUT2D eigenvalue weighted by molar-refractivity contribution is 7.88. The molecule has 0 bridgehead atoms. The summed E-state index contributed by atoms with van der Waals surface area (Å²) in [4.78, 5) is 14.3. The molecule has 9 heteroatoms. The highest BCUT2D eigenvalue weighted by Crippen LogP contribution is 2.46. The van der Waals surface area contributed by atoms with Gasteiger partial charge in [-0.05, 0) is 37.5 Å². The third kappa shape index (κ3) is 4.83. The van der Waals surface area contributed by atoms with Crippen molar-refractivity contribution in [3.63, 3.8) is 0 Å². The molecule has 0 saturated carbocycles. The van der Waals surface area contributed by atoms with Crippen molar-refractivity contribution in [3.8, 4) is 11.5 Å². The van der Waals surface area contributed by atoms with Crippen molar-refractivity contribution in [2.45, 2.75) is 38.9 Å². The first-order valence-electron chi connectivity index (χ1n) is 10.4. The van der Waals surface area contributed by atoms with Gasteiger partial charge in [-0.3, -0.25) is 4.90 Å². The number of benzene rings is 2. The van der Waals surface area contributed by atoms with E-state index in [1.54, 1.807) is 24.0 Å². The molecular formula is C23H30N2O6S. The van der Waals surface area contributed by atoms with Gasteiger partial charge in [0.1, 0.15) is 0 Å². The maximum Gasteiger partial charge on any atom is 0.414 e. The predicted molar refractivity (Wildman–Crippen MR) is 123 cm³/mol. The number of fused-ring (bicyclic) bond motifs is 1. The van der Waals surface area contributed by atoms with Crippen molar-refractivity contribution in [2.75, 3.05) is 32.0 Å². The summed E-state index contributed by atoms with van der Waals surface area (Å²) < 4.78 is 43.5. The van der Waals surface area contributed by atoms with Crippen molar-refractivity contribution in [2.24, 2.45) is 0 Å². The van der Waals surface area contributed by atoms with E-state index < -0.39 is 22.2 Å². The van der Waals surface area contributed by atoms with Crippen LogP contribution in [-0.2, 0) is 21.3 Å². The number of ether oxygens (including phenoxy) is 3. The summed E-state index contributed by atoms with van der Waals surface area (Å²) in [6.45, 7) is 4.07. The van der Waals surface area contributed by atoms with Gasteiger partial charge in [0.2, 0.25) is 10.0 Å². The number of carbonyl (C=O) groups excluding carboxylic acids is 1. The van der Waals surface area contributed by atoms with Crippen LogP contribution in [0.5, 0.6) is 11.5 Å². The van der Waals surface area contributed by atoms with Crippen molar-refractivity contribution in [3.05, 3.63) is 53.6 Å². The molecule has 32 heavy (non-hydrogen) atoms. The summed E-state index contributed by atoms with van der Waals surface area (Å²) >= 11 is 0. The van der Waals surface area contributed by atoms with Crippen LogP contribution < -0.4 is 14.4 Å². The number of hydrogen-bond acceptors (Lipinski definition) is 6. The van der Waals surface area contributed by atoms with Gasteiger partial charge in [-0.25, -0.2) is 13.2 Å². The number of carbonyl (C=O) groups is 1. The second-order valence-corrected chi connectivity index (χ2v) is 9.66. The second-order valence-electron chi connectivity index (χ2n) is 7.73. The maximum absolute atomic E-state index is 12.9. The highest BCUT2D eigenvalue weighted by Gasteiger charge is 2.41. The molecule has 1 amide bonds. The fourth-order valence-corrected chi connectivity index (χ4v) is 5.16. The number of anilines is 1. The Morgan fingerprint density at radius 2 is 1.75 bits per heavy atom. The van der Waals surface area contributed by atoms with Crippen LogP contribution in [0, 0.1) is 0 Å². The first-order chi connectivity index (χ1) is 15.2. The molecule has 2 aromatic carbocycles. The lowest BCUT2D eigenvalue weighted by Gasteiger charge is -2.42. The molecule has 0 saturated heterocycles. The van der Waals surface area contributed by atoms with Crippen LogP contribution in [0.25, 0.3) is 0 Å². The molecule has 2 aromatic rings. The molecule has 0 N–H and O–H groups in total. The van der Waals surface area contributed by atoms with Crippen LogP contribution in [0.2, 0.25) is 0 Å². The van der Waals surface area contributed by atoms with Gasteiger partial charge in [0.25, 0.3) is 0 Å². The minimum Gasteiger partial charge on any atom is -0.493 e. The van der Waals surface area contributed by atoms with Gasteiger partial charge in [0.15, 0.2) is 11.5 Å². The fourth-order valence-electron chi connectivity index (χ4n) is 4.12. The van der Waals surface area contributed by atoms with E-state index in [-0.39, 0.29) is 19.2 Å². The molecule has 0 aromatic heterocycles. The van der Waals surface area contributed by atoms with E-state index >= 15 is 0 Å². The lowest BCUT2D eigenvalue weighted by Crippen LogP contribution is -2.47. The minimum atomic E-state index is -3.59. The number of nitrogens with zero attached hydrogens (tertiary/aromatic N) is 2. The quantitative estimate of drug-likeness (QED) is 0.619. The molecule has 2 unspecified atom stereocenters. The van der Waals surface area contributed by atoms with Crippen LogP contribution >= 0.6 is 0 Å². The van der Waals surface area contributed by atoms with E-state index in [1.165, 1.54) is 24.8 Å². The molecule has 8 nitrogen and oxygen atoms in total. The van der Waals surface area contributed by atoms with Gasteiger partial charge in [-0.1, -0.05) is 30.3 Å². The van der Waals surface area contributed by atoms with Crippen molar-refractivity contribution < 1.29 is 27.4 Å². The third-order valence-electron chi connectivity index (χ3n) is 5.58. The molecular weight excluding hydrogens is 432 g/mol. The molecule has 2 atom stereocenters. The largest absolute Gasteiger partial charge is 0.493 e. The van der Waals surface area contributed by atoms with Crippen molar-refractivity contribution in [1.82, 2.24) is 4.31 Å². The monoisotopic (exact) mass is 462 g/mol. The zero-order valence-corrected chi connectivity index (χ0v) is 19.9. The Balaban J connectivity index is 2.17. The summed E-state index contributed by atoms with van der Waals surface area (Å²) in [6, 6.07) is 12.1. The predicted octanol–water partition coefficient (Wildman–Crippen LogP) is 3.96. The van der Waals surface area contributed by atoms with Gasteiger partial charge in [-0.15, -0.1) is 0 Å². The Morgan fingerprint density at radius 3 is 2.31 bits per heavy atom. The number of hydrogen-bond donors (Lipinski definition) is 0. The van der Waals surface area contributed by atoms with E-state index in [0.717, 1.165) is 5.56 Å². The molecule has 0 fully saturated rings. The molecule has 1 aliphatic heterocycles. The minimum absolute atomic E-state index is 0.213. The van der Waals surface area contributed by atoms with Gasteiger partial charge in [0, 0.05) is 18.7 Å². The summed E-state index contributed by atoms with van der Waals surface area (Å²) in [5.41, 5.74) is 2.09. The Kier molecular flexibility index (Phi) is 7.30. The van der Waals surface area contributed by atoms with Crippen LogP contribution in [-0.4, -0.2) is 51.9 Å². The Labute approximate surface area is 189 Å². The van der Waals surface area contributed by atoms with Crippen LogP contribution in [0.1, 0.15) is 37.4 Å². The fraction of sp³-hybridized carbons (Fsp3) is 0.435. The molecule has 0 spiro atoms. The Morgan fingerprint density at radius 1 is 1.12 bits per heavy atom. The summed E-state index contributed by atoms with van der Waals surface area (Å²) in [6.07, 6.45) is 1.13. The summed E-state index contributed by atoms with van der Waals surface area (Å²) in [5.74, 6) is 0.908. The van der Waals surface area contributed by atoms with Crippen LogP contribution in [0.3, 0.4) is 0 Å². The molecule has 0 aliphatic carbocycles. The first-order valence-corrected chi connectivity index (χ1v) is 12.3. The van der Waals surface area contributed by atoms with Gasteiger partial charge in [-0.2, -0.15) is 4.31 Å². The van der Waals surface area contributed by atoms with E-state index in [2.05, 4.69) is 0 Å². The topological polar surface area (TPSA) is 85.4 Å². The standard InChI is InChI=1S/C23H30N2O6S/c1-6-31-23(26)25-16(2)12-19(18-13-21(29-3)22(30-4)14-20(18)25)24(32(5,27)28)15-17-10-8-7-9-11-17/h7-11,13-14,16,19H,6,12,15H2,1-5H3. The van der Waals surface area contributed by atoms with Gasteiger partial charge < -0.3 is 14.2 Å². The number of methoxy groups -OCH3 is 2. The lowest BCUT2D eigenvalue weighted by molar-refractivity contribution is 0.154. The van der Waals surface area contributed by atoms with E-state index in [0.29, 0.717) is 29.2 Å². The number of rotatable bonds is 7. The second kappa shape index (κ2) is 9.79. The van der Waals surface area contributed by atoms with E-state index in [9.17, 15) is 13.2 Å². The summed E-state index contributed by atoms with van der Waals surface area (Å²) in [5, 5.41) is 0. The number of amides is 1. The smallest absolute Gasteiger partial charge is 0.414 e. The number of sulfonamides is 1. The third-order valence-corrected chi connectivity index (χ3v) is 6.81. The SMILES string of the molecule is CCOC(=O)N1c2cc(OC)c(OC)cc2C(N(Cc2ccccc2)S(C)(=O)=O)CC1C. The average molecular weight is 463 g/mol. The molecule has 3 rings (SSSR count). The van der Waals surface area contributed by atoms with Gasteiger partial charge >= 0.3 is 6.09 Å². The molecule has 1 aliphatic rings. The van der Waals surface area contributed by atoms with Crippen molar-refractivity contribution >= 4 is 21.8 Å². The lowest BCUT2D eigenvalue weighted by atomic mass is 9.91. The normalized spacial score (nSPS) is 18.2. The molecule has 1 heterocycles.